The van der Waals surface area contributed by atoms with E-state index in [1.54, 1.807) is 6.07 Å². The first kappa shape index (κ1) is 29.9. The van der Waals surface area contributed by atoms with Crippen LogP contribution in [-0.4, -0.2) is 29.8 Å². The molecule has 0 aliphatic heterocycles. The fourth-order valence-corrected chi connectivity index (χ4v) is 4.70. The first-order valence-electron chi connectivity index (χ1n) is 12.4. The van der Waals surface area contributed by atoms with E-state index in [1.165, 1.54) is 11.3 Å². The van der Waals surface area contributed by atoms with Crippen LogP contribution in [0.3, 0.4) is 0 Å². The average Bonchev–Trinajstić information content (AvgIpc) is 2.78. The standard InChI is InChI=1S/C30H41IN2O3/c1-19(2)28(30(6,7)8)32-21(5)23-11-9-22(10-12-23)17-25(15-16-34)33-29(35)24-13-14-27(26(31)18-24)36-20(3)4/h9-14,18,20,25,32,34H,5,15-17H2,1-4,6-8H3,(H,33,35)/t25-/m1/s1. The van der Waals surface area contributed by atoms with Crippen molar-refractivity contribution in [3.8, 4) is 5.75 Å². The number of halogens is 1. The molecule has 36 heavy (non-hydrogen) atoms. The number of benzene rings is 2. The van der Waals surface area contributed by atoms with Crippen molar-refractivity contribution in [2.75, 3.05) is 6.61 Å². The van der Waals surface area contributed by atoms with E-state index >= 15 is 0 Å². The topological polar surface area (TPSA) is 70.6 Å². The molecule has 0 unspecified atom stereocenters. The zero-order chi connectivity index (χ0) is 27.0. The number of rotatable bonds is 11. The number of nitrogens with one attached hydrogen (secondary N) is 2. The summed E-state index contributed by atoms with van der Waals surface area (Å²) in [4.78, 5) is 12.9. The molecule has 0 saturated carbocycles. The van der Waals surface area contributed by atoms with Crippen molar-refractivity contribution in [1.29, 1.82) is 0 Å². The number of hydrogen-bond acceptors (Lipinski definition) is 4. The van der Waals surface area contributed by atoms with Gasteiger partial charge in [-0.25, -0.2) is 0 Å². The lowest BCUT2D eigenvalue weighted by molar-refractivity contribution is 0.0930. The molecule has 2 rings (SSSR count). The molecule has 3 N–H and O–H groups in total. The van der Waals surface area contributed by atoms with Gasteiger partial charge in [0, 0.05) is 35.0 Å². The molecule has 0 fully saturated rings. The monoisotopic (exact) mass is 604 g/mol. The highest BCUT2D eigenvalue weighted by molar-refractivity contribution is 14.1. The summed E-state index contributed by atoms with van der Waals surface area (Å²) < 4.78 is 6.66. The fraction of sp³-hybridized carbons (Fsp3) is 0.433. The van der Waals surface area contributed by atoms with E-state index in [2.05, 4.69) is 86.6 Å². The van der Waals surface area contributed by atoms with Crippen LogP contribution in [0.2, 0.25) is 0 Å². The molecule has 0 bridgehead atoms. The molecule has 1 atom stereocenters. The van der Waals surface area contributed by atoms with Gasteiger partial charge in [0.15, 0.2) is 0 Å². The summed E-state index contributed by atoms with van der Waals surface area (Å²) >= 11 is 2.18. The molecule has 0 aliphatic carbocycles. The molecule has 0 spiro atoms. The third-order valence-electron chi connectivity index (χ3n) is 5.68. The van der Waals surface area contributed by atoms with E-state index in [9.17, 15) is 9.90 Å². The van der Waals surface area contributed by atoms with Gasteiger partial charge in [-0.05, 0) is 92.5 Å². The summed E-state index contributed by atoms with van der Waals surface area (Å²) in [6.45, 7) is 18.9. The molecule has 1 amide bonds. The van der Waals surface area contributed by atoms with Crippen molar-refractivity contribution < 1.29 is 14.6 Å². The number of aliphatic hydroxyl groups excluding tert-OH is 1. The zero-order valence-electron chi connectivity index (χ0n) is 22.7. The van der Waals surface area contributed by atoms with Crippen molar-refractivity contribution in [2.24, 2.45) is 5.41 Å². The zero-order valence-corrected chi connectivity index (χ0v) is 24.8. The molecule has 5 nitrogen and oxygen atoms in total. The van der Waals surface area contributed by atoms with Gasteiger partial charge in [-0.3, -0.25) is 4.79 Å². The van der Waals surface area contributed by atoms with Gasteiger partial charge in [0.05, 0.1) is 9.67 Å². The largest absolute Gasteiger partial charge is 0.490 e. The number of carbonyl (C=O) groups is 1. The molecular formula is C30H41IN2O3. The van der Waals surface area contributed by atoms with Gasteiger partial charge in [-0.2, -0.15) is 0 Å². The van der Waals surface area contributed by atoms with E-state index in [-0.39, 0.29) is 30.1 Å². The van der Waals surface area contributed by atoms with E-state index in [0.29, 0.717) is 18.4 Å². The van der Waals surface area contributed by atoms with Crippen molar-refractivity contribution in [1.82, 2.24) is 10.6 Å². The van der Waals surface area contributed by atoms with Gasteiger partial charge >= 0.3 is 0 Å². The smallest absolute Gasteiger partial charge is 0.251 e. The van der Waals surface area contributed by atoms with Gasteiger partial charge in [0.1, 0.15) is 5.75 Å². The van der Waals surface area contributed by atoms with E-state index < -0.39 is 0 Å². The Hall–Kier alpha value is -2.32. The molecule has 2 aromatic carbocycles. The summed E-state index contributed by atoms with van der Waals surface area (Å²) in [7, 11) is 0. The molecule has 0 aromatic heterocycles. The molecule has 6 heteroatoms. The van der Waals surface area contributed by atoms with Crippen LogP contribution >= 0.6 is 22.6 Å². The van der Waals surface area contributed by atoms with Crippen LogP contribution in [-0.2, 0) is 6.42 Å². The maximum Gasteiger partial charge on any atom is 0.251 e. The highest BCUT2D eigenvalue weighted by Crippen LogP contribution is 2.28. The third-order valence-corrected chi connectivity index (χ3v) is 6.52. The second-order valence-corrected chi connectivity index (χ2v) is 11.8. The van der Waals surface area contributed by atoms with Crippen molar-refractivity contribution in [2.45, 2.75) is 73.5 Å². The lowest BCUT2D eigenvalue weighted by atomic mass is 9.89. The Morgan fingerprint density at radius 1 is 1.08 bits per heavy atom. The van der Waals surface area contributed by atoms with Crippen LogP contribution in [0.25, 0.3) is 5.70 Å². The number of carbonyl (C=O) groups excluding carboxylic acids is 1. The van der Waals surface area contributed by atoms with Crippen LogP contribution in [0.5, 0.6) is 5.75 Å². The SMILES string of the molecule is C=C(NC(=C(C)C)C(C)(C)C)c1ccc(C[C@@H](CCO)NC(=O)c2ccc(OC(C)C)c(I)c2)cc1. The molecule has 2 aromatic rings. The predicted octanol–water partition coefficient (Wildman–Crippen LogP) is 6.70. The maximum atomic E-state index is 12.9. The summed E-state index contributed by atoms with van der Waals surface area (Å²) in [6.07, 6.45) is 1.17. The Bertz CT molecular complexity index is 1080. The highest BCUT2D eigenvalue weighted by Gasteiger charge is 2.20. The minimum Gasteiger partial charge on any atom is -0.490 e. The molecular weight excluding hydrogens is 563 g/mol. The van der Waals surface area contributed by atoms with Crippen LogP contribution in [0.15, 0.2) is 60.3 Å². The molecule has 0 radical (unpaired) electrons. The fourth-order valence-electron chi connectivity index (χ4n) is 4.05. The van der Waals surface area contributed by atoms with Crippen molar-refractivity contribution in [3.05, 3.63) is 80.6 Å². The van der Waals surface area contributed by atoms with Gasteiger partial charge in [-0.1, -0.05) is 57.2 Å². The maximum absolute atomic E-state index is 12.9. The van der Waals surface area contributed by atoms with E-state index in [0.717, 1.165) is 26.1 Å². The number of ether oxygens (including phenoxy) is 1. The second kappa shape index (κ2) is 13.3. The Morgan fingerprint density at radius 3 is 2.19 bits per heavy atom. The minimum atomic E-state index is -0.183. The van der Waals surface area contributed by atoms with Crippen LogP contribution in [0.1, 0.15) is 76.4 Å². The van der Waals surface area contributed by atoms with Gasteiger partial charge in [-0.15, -0.1) is 0 Å². The summed E-state index contributed by atoms with van der Waals surface area (Å²) in [6, 6.07) is 13.5. The molecule has 0 heterocycles. The minimum absolute atomic E-state index is 0.000735. The second-order valence-electron chi connectivity index (χ2n) is 10.6. The lowest BCUT2D eigenvalue weighted by Gasteiger charge is -2.27. The molecule has 0 saturated heterocycles. The number of amides is 1. The Morgan fingerprint density at radius 2 is 1.69 bits per heavy atom. The van der Waals surface area contributed by atoms with Gasteiger partial charge < -0.3 is 20.5 Å². The summed E-state index contributed by atoms with van der Waals surface area (Å²) in [5.41, 5.74) is 5.93. The molecule has 196 valence electrons. The van der Waals surface area contributed by atoms with Crippen molar-refractivity contribution in [3.63, 3.8) is 0 Å². The highest BCUT2D eigenvalue weighted by atomic mass is 127. The predicted molar refractivity (Wildman–Crippen MR) is 158 cm³/mol. The third kappa shape index (κ3) is 8.96. The van der Waals surface area contributed by atoms with E-state index in [1.807, 2.05) is 38.1 Å². The molecule has 0 aliphatic rings. The Balaban J connectivity index is 2.08. The number of allylic oxidation sites excluding steroid dienone is 2. The van der Waals surface area contributed by atoms with Gasteiger partial charge in [0.2, 0.25) is 0 Å². The van der Waals surface area contributed by atoms with Crippen LogP contribution < -0.4 is 15.4 Å². The first-order chi connectivity index (χ1) is 16.8. The van der Waals surface area contributed by atoms with Crippen LogP contribution in [0, 0.1) is 8.99 Å². The van der Waals surface area contributed by atoms with Crippen molar-refractivity contribution >= 4 is 34.2 Å². The quantitative estimate of drug-likeness (QED) is 0.250. The normalized spacial score (nSPS) is 12.2. The Labute approximate surface area is 230 Å². The first-order valence-corrected chi connectivity index (χ1v) is 13.5. The summed E-state index contributed by atoms with van der Waals surface area (Å²) in [5.74, 6) is 0.609. The lowest BCUT2D eigenvalue weighted by Crippen LogP contribution is -2.37. The van der Waals surface area contributed by atoms with Crippen LogP contribution in [0.4, 0.5) is 0 Å². The van der Waals surface area contributed by atoms with Gasteiger partial charge in [0.25, 0.3) is 5.91 Å². The Kier molecular flexibility index (Phi) is 11.0. The summed E-state index contributed by atoms with van der Waals surface area (Å²) in [5, 5.41) is 16.2. The number of hydrogen-bond donors (Lipinski definition) is 3. The number of aliphatic hydroxyl groups is 1. The average molecular weight is 605 g/mol. The van der Waals surface area contributed by atoms with E-state index in [4.69, 9.17) is 4.74 Å².